The first-order chi connectivity index (χ1) is 17.1. The van der Waals surface area contributed by atoms with Crippen LogP contribution in [0.5, 0.6) is 17.2 Å². The van der Waals surface area contributed by atoms with Crippen LogP contribution in [0, 0.1) is 12.7 Å². The number of aliphatic hydroxyl groups excluding tert-OH is 1. The number of aliphatic hydroxyl groups is 2. The average Bonchev–Trinajstić information content (AvgIpc) is 2.87. The van der Waals surface area contributed by atoms with Crippen LogP contribution in [-0.2, 0) is 5.60 Å². The van der Waals surface area contributed by atoms with Crippen LogP contribution < -0.4 is 14.2 Å². The van der Waals surface area contributed by atoms with Crippen molar-refractivity contribution >= 4 is 5.78 Å². The Morgan fingerprint density at radius 1 is 1.06 bits per heavy atom. The van der Waals surface area contributed by atoms with E-state index in [1.807, 2.05) is 0 Å². The summed E-state index contributed by atoms with van der Waals surface area (Å²) in [5, 5.41) is 20.6. The number of hydrogen-bond acceptors (Lipinski definition) is 7. The van der Waals surface area contributed by atoms with Crippen LogP contribution in [0.3, 0.4) is 0 Å². The second-order valence-electron chi connectivity index (χ2n) is 8.93. The molecule has 2 aromatic carbocycles. The van der Waals surface area contributed by atoms with Gasteiger partial charge in [0.1, 0.15) is 29.5 Å². The summed E-state index contributed by atoms with van der Waals surface area (Å²) in [7, 11) is 2.99. The molecule has 7 nitrogen and oxygen atoms in total. The molecule has 2 atom stereocenters. The number of nitrogens with zero attached hydrogens (tertiary/aromatic N) is 1. The lowest BCUT2D eigenvalue weighted by molar-refractivity contribution is 0.0397. The van der Waals surface area contributed by atoms with E-state index in [0.717, 1.165) is 0 Å². The highest BCUT2D eigenvalue weighted by Gasteiger charge is 2.28. The molecule has 0 unspecified atom stereocenters. The highest BCUT2D eigenvalue weighted by molar-refractivity contribution is 5.96. The number of pyridine rings is 1. The zero-order valence-electron chi connectivity index (χ0n) is 21.2. The van der Waals surface area contributed by atoms with Crippen molar-refractivity contribution in [3.8, 4) is 28.5 Å². The van der Waals surface area contributed by atoms with E-state index >= 15 is 0 Å². The number of carbonyl (C=O) groups excluding carboxylic acids is 1. The van der Waals surface area contributed by atoms with Gasteiger partial charge in [-0.25, -0.2) is 9.37 Å². The highest BCUT2D eigenvalue weighted by atomic mass is 19.1. The fraction of sp³-hybridized carbons (Fsp3) is 0.357. The Bertz CT molecular complexity index is 1220. The van der Waals surface area contributed by atoms with Crippen LogP contribution in [0.25, 0.3) is 11.3 Å². The quantitative estimate of drug-likeness (QED) is 0.366. The normalized spacial score (nSPS) is 13.6. The number of halogens is 1. The van der Waals surface area contributed by atoms with Crippen molar-refractivity contribution in [2.75, 3.05) is 20.8 Å². The molecular formula is C28H32FNO6. The first-order valence-electron chi connectivity index (χ1n) is 11.6. The molecule has 1 heterocycles. The number of ketones is 1. The monoisotopic (exact) mass is 497 g/mol. The van der Waals surface area contributed by atoms with E-state index in [2.05, 4.69) is 4.98 Å². The summed E-state index contributed by atoms with van der Waals surface area (Å²) in [5.41, 5.74) is 0.976. The van der Waals surface area contributed by atoms with E-state index in [0.29, 0.717) is 45.3 Å². The summed E-state index contributed by atoms with van der Waals surface area (Å²) in [6.07, 6.45) is -0.462. The molecule has 3 aromatic rings. The van der Waals surface area contributed by atoms with Crippen molar-refractivity contribution in [1.82, 2.24) is 4.98 Å². The van der Waals surface area contributed by atoms with Gasteiger partial charge >= 0.3 is 0 Å². The largest absolute Gasteiger partial charge is 0.494 e. The molecule has 0 saturated carbocycles. The zero-order chi connectivity index (χ0) is 26.5. The minimum atomic E-state index is -1.41. The van der Waals surface area contributed by atoms with Crippen molar-refractivity contribution in [2.45, 2.75) is 45.3 Å². The van der Waals surface area contributed by atoms with Crippen molar-refractivity contribution < 1.29 is 33.6 Å². The van der Waals surface area contributed by atoms with Gasteiger partial charge in [-0.2, -0.15) is 0 Å². The topological polar surface area (TPSA) is 98.1 Å². The summed E-state index contributed by atoms with van der Waals surface area (Å²) in [6, 6.07) is 12.8. The number of aromatic nitrogens is 1. The van der Waals surface area contributed by atoms with Gasteiger partial charge in [0.05, 0.1) is 26.0 Å². The number of methoxy groups -OCH3 is 2. The molecule has 2 N–H and O–H groups in total. The van der Waals surface area contributed by atoms with Crippen LogP contribution >= 0.6 is 0 Å². The van der Waals surface area contributed by atoms with E-state index in [1.165, 1.54) is 20.3 Å². The third-order valence-electron chi connectivity index (χ3n) is 5.87. The number of ether oxygens (including phenoxy) is 3. The minimum Gasteiger partial charge on any atom is -0.494 e. The Morgan fingerprint density at radius 3 is 2.39 bits per heavy atom. The van der Waals surface area contributed by atoms with Gasteiger partial charge in [-0.05, 0) is 81.3 Å². The van der Waals surface area contributed by atoms with E-state index in [4.69, 9.17) is 14.2 Å². The Hall–Kier alpha value is -3.49. The predicted octanol–water partition coefficient (Wildman–Crippen LogP) is 4.84. The molecule has 8 heteroatoms. The van der Waals surface area contributed by atoms with Gasteiger partial charge in [-0.15, -0.1) is 0 Å². The maximum Gasteiger partial charge on any atom is 0.163 e. The van der Waals surface area contributed by atoms with E-state index in [9.17, 15) is 19.4 Å². The van der Waals surface area contributed by atoms with E-state index < -0.39 is 11.7 Å². The Balaban J connectivity index is 1.79. The van der Waals surface area contributed by atoms with Crippen LogP contribution in [0.4, 0.5) is 4.39 Å². The molecule has 36 heavy (non-hydrogen) atoms. The molecule has 0 spiro atoms. The van der Waals surface area contributed by atoms with Gasteiger partial charge in [0.15, 0.2) is 17.3 Å². The van der Waals surface area contributed by atoms with Crippen LogP contribution in [-0.4, -0.2) is 47.9 Å². The summed E-state index contributed by atoms with van der Waals surface area (Å²) in [5.74, 6) is 0.788. The van der Waals surface area contributed by atoms with E-state index in [1.54, 1.807) is 63.2 Å². The second-order valence-corrected chi connectivity index (χ2v) is 8.93. The molecule has 0 amide bonds. The highest BCUT2D eigenvalue weighted by Crippen LogP contribution is 2.34. The summed E-state index contributed by atoms with van der Waals surface area (Å²) in [4.78, 5) is 17.5. The fourth-order valence-corrected chi connectivity index (χ4v) is 3.71. The third kappa shape index (κ3) is 6.38. The molecule has 0 saturated heterocycles. The molecule has 0 fully saturated rings. The lowest BCUT2D eigenvalue weighted by atomic mass is 9.92. The summed E-state index contributed by atoms with van der Waals surface area (Å²) in [6.45, 7) is 4.97. The van der Waals surface area contributed by atoms with Gasteiger partial charge in [0, 0.05) is 17.5 Å². The van der Waals surface area contributed by atoms with Crippen molar-refractivity contribution in [1.29, 1.82) is 0 Å². The molecule has 0 bridgehead atoms. The predicted molar refractivity (Wildman–Crippen MR) is 134 cm³/mol. The van der Waals surface area contributed by atoms with Gasteiger partial charge in [-0.1, -0.05) is 0 Å². The maximum atomic E-state index is 13.8. The number of rotatable bonds is 11. The zero-order valence-corrected chi connectivity index (χ0v) is 21.2. The van der Waals surface area contributed by atoms with Gasteiger partial charge < -0.3 is 24.4 Å². The first kappa shape index (κ1) is 27.1. The minimum absolute atomic E-state index is 0.0583. The molecule has 0 aliphatic rings. The second kappa shape index (κ2) is 11.5. The van der Waals surface area contributed by atoms with Crippen LogP contribution in [0.1, 0.15) is 48.3 Å². The molecule has 1 aromatic heterocycles. The summed E-state index contributed by atoms with van der Waals surface area (Å²) < 4.78 is 30.0. The number of hydrogen-bond donors (Lipinski definition) is 2. The standard InChI is InChI=1S/C28H32FNO6/c1-17-14-20(6-8-21(17)29)27-24(34-4)10-11-26(30-27)28(3,33)13-12-22(32)19-7-9-23(25(15-19)35-5)36-16-18(2)31/h6-11,14-15,18,31,33H,12-13,16H2,1-5H3/t18-,28-/m0/s1. The van der Waals surface area contributed by atoms with E-state index in [-0.39, 0.29) is 31.0 Å². The third-order valence-corrected chi connectivity index (χ3v) is 5.87. The smallest absolute Gasteiger partial charge is 0.163 e. The molecule has 0 aliphatic carbocycles. The van der Waals surface area contributed by atoms with Crippen molar-refractivity contribution in [2.24, 2.45) is 0 Å². The molecule has 3 rings (SSSR count). The maximum absolute atomic E-state index is 13.8. The average molecular weight is 498 g/mol. The number of Topliss-reactive ketones (excluding diaryl/α,β-unsaturated/α-hetero) is 1. The van der Waals surface area contributed by atoms with Gasteiger partial charge in [0.25, 0.3) is 0 Å². The van der Waals surface area contributed by atoms with Crippen molar-refractivity contribution in [3.63, 3.8) is 0 Å². The van der Waals surface area contributed by atoms with Crippen LogP contribution in [0.15, 0.2) is 48.5 Å². The lowest BCUT2D eigenvalue weighted by Gasteiger charge is -2.24. The Morgan fingerprint density at radius 2 is 1.75 bits per heavy atom. The number of carbonyl (C=O) groups is 1. The lowest BCUT2D eigenvalue weighted by Crippen LogP contribution is -2.24. The number of benzene rings is 2. The first-order valence-corrected chi connectivity index (χ1v) is 11.6. The number of aryl methyl sites for hydroxylation is 1. The van der Waals surface area contributed by atoms with Gasteiger partial charge in [-0.3, -0.25) is 4.79 Å². The van der Waals surface area contributed by atoms with Gasteiger partial charge in [0.2, 0.25) is 0 Å². The molecular weight excluding hydrogens is 465 g/mol. The summed E-state index contributed by atoms with van der Waals surface area (Å²) >= 11 is 0. The fourth-order valence-electron chi connectivity index (χ4n) is 3.71. The molecule has 0 radical (unpaired) electrons. The molecule has 0 aliphatic heterocycles. The molecule has 192 valence electrons. The van der Waals surface area contributed by atoms with Crippen molar-refractivity contribution in [3.05, 3.63) is 71.2 Å². The Labute approximate surface area is 210 Å². The SMILES string of the molecule is COc1cc(C(=O)CC[C@](C)(O)c2ccc(OC)c(-c3ccc(F)c(C)c3)n2)ccc1OC[C@H](C)O. The van der Waals surface area contributed by atoms with Crippen LogP contribution in [0.2, 0.25) is 0 Å². The Kier molecular flexibility index (Phi) is 8.66.